The zero-order valence-corrected chi connectivity index (χ0v) is 21.5. The van der Waals surface area contributed by atoms with Gasteiger partial charge in [-0.25, -0.2) is 4.79 Å². The van der Waals surface area contributed by atoms with Crippen LogP contribution in [0.25, 0.3) is 0 Å². The molecule has 0 aliphatic carbocycles. The third kappa shape index (κ3) is 6.85. The van der Waals surface area contributed by atoms with Crippen LogP contribution in [-0.2, 0) is 9.16 Å². The number of rotatable bonds is 4. The molecule has 2 rings (SSSR count). The van der Waals surface area contributed by atoms with Crippen LogP contribution in [-0.4, -0.2) is 54.5 Å². The zero-order valence-electron chi connectivity index (χ0n) is 19.7. The third-order valence-electron chi connectivity index (χ3n) is 5.67. The van der Waals surface area contributed by atoms with E-state index in [2.05, 4.69) is 33.9 Å². The van der Waals surface area contributed by atoms with Gasteiger partial charge in [-0.05, 0) is 35.5 Å². The van der Waals surface area contributed by atoms with Gasteiger partial charge in [0.25, 0.3) is 0 Å². The SMILES string of the molecule is CC(C)(C)OC(=O)N1CCC(SC(=O)c2ccccc2)C(O[Si-](C)(C)C(C)(C)C)C1. The first-order valence-corrected chi connectivity index (χ1v) is 14.4. The number of amides is 1. The average Bonchev–Trinajstić information content (AvgIpc) is 2.61. The molecule has 1 aliphatic heterocycles. The first kappa shape index (κ1) is 25.0. The van der Waals surface area contributed by atoms with Gasteiger partial charge in [0.2, 0.25) is 5.12 Å². The van der Waals surface area contributed by atoms with Crippen molar-refractivity contribution < 1.29 is 18.8 Å². The minimum absolute atomic E-state index is 0.00511. The van der Waals surface area contributed by atoms with E-state index in [1.54, 1.807) is 4.90 Å². The van der Waals surface area contributed by atoms with Crippen molar-refractivity contribution in [3.05, 3.63) is 35.9 Å². The van der Waals surface area contributed by atoms with Crippen LogP contribution in [0.4, 0.5) is 4.79 Å². The summed E-state index contributed by atoms with van der Waals surface area (Å²) in [6.07, 6.45) is 0.177. The second-order valence-corrected chi connectivity index (χ2v) is 16.4. The minimum atomic E-state index is -2.08. The van der Waals surface area contributed by atoms with Gasteiger partial charge in [-0.1, -0.05) is 62.9 Å². The molecule has 1 amide bonds. The third-order valence-corrected chi connectivity index (χ3v) is 11.5. The predicted molar refractivity (Wildman–Crippen MR) is 127 cm³/mol. The Morgan fingerprint density at radius 3 is 2.20 bits per heavy atom. The molecule has 2 atom stereocenters. The summed E-state index contributed by atoms with van der Waals surface area (Å²) >= 11 is 1.34. The Morgan fingerprint density at radius 1 is 1.07 bits per heavy atom. The lowest BCUT2D eigenvalue weighted by Gasteiger charge is -2.53. The number of likely N-dealkylation sites (tertiary alicyclic amines) is 1. The number of hydrogen-bond acceptors (Lipinski definition) is 5. The van der Waals surface area contributed by atoms with Crippen LogP contribution in [0.5, 0.6) is 0 Å². The Labute approximate surface area is 187 Å². The van der Waals surface area contributed by atoms with Gasteiger partial charge in [0.05, 0.1) is 0 Å². The van der Waals surface area contributed by atoms with Crippen molar-refractivity contribution >= 4 is 31.3 Å². The van der Waals surface area contributed by atoms with Crippen LogP contribution in [0.3, 0.4) is 0 Å². The van der Waals surface area contributed by atoms with Crippen LogP contribution in [0.15, 0.2) is 30.3 Å². The second-order valence-electron chi connectivity index (χ2n) is 10.4. The summed E-state index contributed by atoms with van der Waals surface area (Å²) in [5, 5.41) is 0.0977. The molecule has 7 heteroatoms. The maximum atomic E-state index is 12.8. The van der Waals surface area contributed by atoms with Crippen LogP contribution in [0.2, 0.25) is 18.1 Å². The molecule has 0 bridgehead atoms. The summed E-state index contributed by atoms with van der Waals surface area (Å²) < 4.78 is 12.3. The molecular formula is C23H37NO4SSi-. The van der Waals surface area contributed by atoms with Gasteiger partial charge in [-0.3, -0.25) is 4.79 Å². The summed E-state index contributed by atoms with van der Waals surface area (Å²) in [7, 11) is -2.08. The maximum absolute atomic E-state index is 12.8. The average molecular weight is 452 g/mol. The van der Waals surface area contributed by atoms with Crippen molar-refractivity contribution in [3.8, 4) is 0 Å². The van der Waals surface area contributed by atoms with Crippen LogP contribution in [0.1, 0.15) is 58.3 Å². The van der Waals surface area contributed by atoms with E-state index in [4.69, 9.17) is 9.16 Å². The van der Waals surface area contributed by atoms with Crippen molar-refractivity contribution in [2.45, 2.75) is 83.1 Å². The number of ether oxygens (including phenoxy) is 1. The highest BCUT2D eigenvalue weighted by molar-refractivity contribution is 8.14. The standard InChI is InChI=1S/C23H37NO4SSi/c1-22(2,3)27-21(26)24-15-14-19(29-20(25)17-12-10-9-11-13-17)18(16-24)28-30(7,8)23(4,5)6/h9-13,18-19H,14-16H2,1-8H3/q-1. The lowest BCUT2D eigenvalue weighted by Crippen LogP contribution is -2.55. The van der Waals surface area contributed by atoms with Crippen molar-refractivity contribution in [1.29, 1.82) is 0 Å². The first-order valence-electron chi connectivity index (χ1n) is 10.6. The van der Waals surface area contributed by atoms with Crippen LogP contribution < -0.4 is 0 Å². The maximum Gasteiger partial charge on any atom is 0.410 e. The molecule has 2 unspecified atom stereocenters. The van der Waals surface area contributed by atoms with E-state index in [9.17, 15) is 9.59 Å². The molecule has 1 aromatic rings. The van der Waals surface area contributed by atoms with Gasteiger partial charge < -0.3 is 14.1 Å². The smallest absolute Gasteiger partial charge is 0.410 e. The van der Waals surface area contributed by atoms with Crippen molar-refractivity contribution in [2.24, 2.45) is 0 Å². The molecule has 1 fully saturated rings. The topological polar surface area (TPSA) is 55.8 Å². The summed E-state index contributed by atoms with van der Waals surface area (Å²) in [5.41, 5.74) is 0.157. The van der Waals surface area contributed by atoms with E-state index < -0.39 is 13.9 Å². The van der Waals surface area contributed by atoms with Gasteiger partial charge in [-0.15, -0.1) is 18.1 Å². The molecule has 30 heavy (non-hydrogen) atoms. The molecular weight excluding hydrogens is 414 g/mol. The first-order chi connectivity index (χ1) is 13.7. The van der Waals surface area contributed by atoms with E-state index in [-0.39, 0.29) is 27.6 Å². The second kappa shape index (κ2) is 9.45. The number of thioether (sulfide) groups is 1. The summed E-state index contributed by atoms with van der Waals surface area (Å²) in [6.45, 7) is 17.6. The van der Waals surface area contributed by atoms with Crippen LogP contribution in [0, 0.1) is 0 Å². The number of hydrogen-bond donors (Lipinski definition) is 0. The zero-order chi connectivity index (χ0) is 22.7. The normalized spacial score (nSPS) is 20.7. The summed E-state index contributed by atoms with van der Waals surface area (Å²) in [6, 6.07) is 9.35. The van der Waals surface area contributed by atoms with E-state index in [1.165, 1.54) is 11.8 Å². The van der Waals surface area contributed by atoms with Gasteiger partial charge in [-0.2, -0.15) is 0 Å². The Hall–Kier alpha value is -1.31. The largest absolute Gasteiger partial charge is 0.560 e. The molecule has 1 heterocycles. The molecule has 0 spiro atoms. The summed E-state index contributed by atoms with van der Waals surface area (Å²) in [4.78, 5) is 27.2. The highest BCUT2D eigenvalue weighted by Gasteiger charge is 2.38. The van der Waals surface area contributed by atoms with Gasteiger partial charge >= 0.3 is 6.09 Å². The molecule has 0 radical (unpaired) electrons. The molecule has 1 saturated heterocycles. The van der Waals surface area contributed by atoms with Crippen molar-refractivity contribution in [3.63, 3.8) is 0 Å². The Bertz CT molecular complexity index is 740. The van der Waals surface area contributed by atoms with Crippen molar-refractivity contribution in [2.75, 3.05) is 13.1 Å². The molecule has 1 aliphatic rings. The Kier molecular flexibility index (Phi) is 7.86. The Balaban J connectivity index is 2.19. The Morgan fingerprint density at radius 2 is 1.67 bits per heavy atom. The number of benzene rings is 1. The van der Waals surface area contributed by atoms with E-state index in [0.29, 0.717) is 25.1 Å². The van der Waals surface area contributed by atoms with Gasteiger partial charge in [0, 0.05) is 30.0 Å². The number of carbonyl (C=O) groups is 2. The molecule has 0 N–H and O–H groups in total. The monoisotopic (exact) mass is 451 g/mol. The lowest BCUT2D eigenvalue weighted by atomic mass is 10.1. The molecule has 0 aromatic heterocycles. The quantitative estimate of drug-likeness (QED) is 0.529. The molecule has 169 valence electrons. The van der Waals surface area contributed by atoms with E-state index in [0.717, 1.165) is 0 Å². The van der Waals surface area contributed by atoms with E-state index in [1.807, 2.05) is 51.1 Å². The fourth-order valence-electron chi connectivity index (χ4n) is 2.97. The van der Waals surface area contributed by atoms with Gasteiger partial charge in [0.1, 0.15) is 5.60 Å². The van der Waals surface area contributed by atoms with Gasteiger partial charge in [0.15, 0.2) is 0 Å². The molecule has 0 saturated carbocycles. The summed E-state index contributed by atoms with van der Waals surface area (Å²) in [5.74, 6) is 0. The number of nitrogens with zero attached hydrogens (tertiary/aromatic N) is 1. The lowest BCUT2D eigenvalue weighted by molar-refractivity contribution is 0.00726. The predicted octanol–water partition coefficient (Wildman–Crippen LogP) is 5.96. The highest BCUT2D eigenvalue weighted by atomic mass is 32.2. The minimum Gasteiger partial charge on any atom is -0.560 e. The number of carbonyl (C=O) groups excluding carboxylic acids is 2. The number of piperidine rings is 1. The molecule has 5 nitrogen and oxygen atoms in total. The fourth-order valence-corrected chi connectivity index (χ4v) is 5.48. The van der Waals surface area contributed by atoms with Crippen molar-refractivity contribution in [1.82, 2.24) is 4.90 Å². The highest BCUT2D eigenvalue weighted by Crippen LogP contribution is 2.40. The van der Waals surface area contributed by atoms with E-state index >= 15 is 0 Å². The fraction of sp³-hybridized carbons (Fsp3) is 0.652. The molecule has 1 aromatic carbocycles. The van der Waals surface area contributed by atoms with Crippen LogP contribution >= 0.6 is 11.8 Å².